The van der Waals surface area contributed by atoms with Crippen LogP contribution in [0.5, 0.6) is 0 Å². The Morgan fingerprint density at radius 2 is 2.24 bits per heavy atom. The lowest BCUT2D eigenvalue weighted by Gasteiger charge is -2.08. The number of nitrogens with zero attached hydrogens (tertiary/aromatic N) is 3. The number of hydrogen-bond acceptors (Lipinski definition) is 7. The second-order valence-electron chi connectivity index (χ2n) is 4.37. The smallest absolute Gasteiger partial charge is 0.329 e. The van der Waals surface area contributed by atoms with E-state index in [4.69, 9.17) is 4.42 Å². The molecule has 0 aliphatic carbocycles. The van der Waals surface area contributed by atoms with Gasteiger partial charge in [0.15, 0.2) is 0 Å². The van der Waals surface area contributed by atoms with Gasteiger partial charge < -0.3 is 15.1 Å². The van der Waals surface area contributed by atoms with Crippen LogP contribution in [0.1, 0.15) is 19.1 Å². The molecule has 0 saturated heterocycles. The van der Waals surface area contributed by atoms with Gasteiger partial charge in [0.2, 0.25) is 11.8 Å². The molecule has 2 heterocycles. The van der Waals surface area contributed by atoms with E-state index in [9.17, 15) is 10.1 Å². The maximum Gasteiger partial charge on any atom is 0.329 e. The van der Waals surface area contributed by atoms with Crippen LogP contribution in [0, 0.1) is 10.1 Å². The minimum atomic E-state index is -0.501. The number of nitro groups is 1. The lowest BCUT2D eigenvalue weighted by molar-refractivity contribution is -0.384. The fourth-order valence-electron chi connectivity index (χ4n) is 1.72. The number of anilines is 2. The molecule has 0 unspecified atom stereocenters. The Morgan fingerprint density at radius 3 is 2.90 bits per heavy atom. The van der Waals surface area contributed by atoms with E-state index < -0.39 is 4.92 Å². The van der Waals surface area contributed by atoms with Crippen molar-refractivity contribution in [2.75, 3.05) is 23.7 Å². The summed E-state index contributed by atoms with van der Waals surface area (Å²) in [7, 11) is 0. The molecule has 112 valence electrons. The van der Waals surface area contributed by atoms with Gasteiger partial charge in [-0.3, -0.25) is 10.1 Å². The molecule has 2 aromatic heterocycles. The molecule has 0 atom stereocenters. The second kappa shape index (κ2) is 7.22. The Hall–Kier alpha value is -2.64. The van der Waals surface area contributed by atoms with Gasteiger partial charge in [-0.2, -0.15) is 4.98 Å². The van der Waals surface area contributed by atoms with E-state index in [0.29, 0.717) is 25.5 Å². The molecule has 2 rings (SSSR count). The van der Waals surface area contributed by atoms with Crippen LogP contribution in [-0.4, -0.2) is 28.0 Å². The summed E-state index contributed by atoms with van der Waals surface area (Å²) in [6.07, 6.45) is 4.34. The maximum atomic E-state index is 11.0. The molecule has 0 radical (unpaired) electrons. The predicted molar refractivity (Wildman–Crippen MR) is 78.4 cm³/mol. The topological polar surface area (TPSA) is 106 Å². The minimum absolute atomic E-state index is 0.142. The van der Waals surface area contributed by atoms with Gasteiger partial charge in [0, 0.05) is 19.5 Å². The van der Waals surface area contributed by atoms with Gasteiger partial charge in [0.25, 0.3) is 0 Å². The number of furan rings is 1. The Bertz CT molecular complexity index is 585. The highest BCUT2D eigenvalue weighted by Crippen LogP contribution is 2.21. The first-order chi connectivity index (χ1) is 10.2. The molecule has 0 amide bonds. The van der Waals surface area contributed by atoms with Gasteiger partial charge in [-0.05, 0) is 18.6 Å². The summed E-state index contributed by atoms with van der Waals surface area (Å²) in [5, 5.41) is 16.9. The molecule has 0 aliphatic rings. The standard InChI is InChI=1S/C13H17N5O3/c1-2-6-15-13-16-9-11(18(19)20)12(17-13)14-7-5-10-4-3-8-21-10/h3-4,8-9H,2,5-7H2,1H3,(H2,14,15,16,17). The monoisotopic (exact) mass is 291 g/mol. The zero-order valence-corrected chi connectivity index (χ0v) is 11.7. The van der Waals surface area contributed by atoms with Crippen LogP contribution < -0.4 is 10.6 Å². The molecule has 2 aromatic rings. The summed E-state index contributed by atoms with van der Waals surface area (Å²) in [6.45, 7) is 3.21. The average molecular weight is 291 g/mol. The predicted octanol–water partition coefficient (Wildman–Crippen LogP) is 2.45. The van der Waals surface area contributed by atoms with Gasteiger partial charge >= 0.3 is 5.69 Å². The average Bonchev–Trinajstić information content (AvgIpc) is 2.98. The molecule has 21 heavy (non-hydrogen) atoms. The van der Waals surface area contributed by atoms with Crippen molar-refractivity contribution in [3.8, 4) is 0 Å². The van der Waals surface area contributed by atoms with Crippen molar-refractivity contribution in [2.24, 2.45) is 0 Å². The van der Waals surface area contributed by atoms with Crippen LogP contribution >= 0.6 is 0 Å². The quantitative estimate of drug-likeness (QED) is 0.568. The summed E-state index contributed by atoms with van der Waals surface area (Å²) in [5.74, 6) is 1.40. The normalized spacial score (nSPS) is 10.3. The lowest BCUT2D eigenvalue weighted by atomic mass is 10.3. The van der Waals surface area contributed by atoms with Gasteiger partial charge in [0.05, 0.1) is 11.2 Å². The Kier molecular flexibility index (Phi) is 5.08. The van der Waals surface area contributed by atoms with Gasteiger partial charge in [0.1, 0.15) is 12.0 Å². The van der Waals surface area contributed by atoms with Crippen molar-refractivity contribution in [1.29, 1.82) is 0 Å². The van der Waals surface area contributed by atoms with Crippen molar-refractivity contribution in [1.82, 2.24) is 9.97 Å². The SMILES string of the molecule is CCCNc1ncc([N+](=O)[O-])c(NCCc2ccco2)n1. The number of nitrogens with one attached hydrogen (secondary N) is 2. The molecule has 0 fully saturated rings. The first-order valence-electron chi connectivity index (χ1n) is 6.72. The fourth-order valence-corrected chi connectivity index (χ4v) is 1.72. The van der Waals surface area contributed by atoms with Crippen LogP contribution in [0.15, 0.2) is 29.0 Å². The van der Waals surface area contributed by atoms with Crippen molar-refractivity contribution in [3.63, 3.8) is 0 Å². The Balaban J connectivity index is 2.04. The van der Waals surface area contributed by atoms with E-state index in [-0.39, 0.29) is 11.5 Å². The largest absolute Gasteiger partial charge is 0.469 e. The van der Waals surface area contributed by atoms with Crippen molar-refractivity contribution in [2.45, 2.75) is 19.8 Å². The summed E-state index contributed by atoms with van der Waals surface area (Å²) in [4.78, 5) is 18.6. The van der Waals surface area contributed by atoms with Crippen molar-refractivity contribution >= 4 is 17.5 Å². The molecular weight excluding hydrogens is 274 g/mol. The lowest BCUT2D eigenvalue weighted by Crippen LogP contribution is -2.11. The zero-order valence-electron chi connectivity index (χ0n) is 11.7. The molecule has 2 N–H and O–H groups in total. The highest BCUT2D eigenvalue weighted by molar-refractivity contribution is 5.56. The molecule has 8 nitrogen and oxygen atoms in total. The van der Waals surface area contributed by atoms with Gasteiger partial charge in [-0.15, -0.1) is 0 Å². The molecular formula is C13H17N5O3. The van der Waals surface area contributed by atoms with Gasteiger partial charge in [-0.25, -0.2) is 4.98 Å². The second-order valence-corrected chi connectivity index (χ2v) is 4.37. The van der Waals surface area contributed by atoms with E-state index in [0.717, 1.165) is 12.2 Å². The molecule has 0 saturated carbocycles. The van der Waals surface area contributed by atoms with Crippen LogP contribution in [0.25, 0.3) is 0 Å². The van der Waals surface area contributed by atoms with Crippen LogP contribution in [0.4, 0.5) is 17.5 Å². The first kappa shape index (κ1) is 14.8. The van der Waals surface area contributed by atoms with E-state index in [1.165, 1.54) is 6.20 Å². The van der Waals surface area contributed by atoms with Crippen molar-refractivity contribution < 1.29 is 9.34 Å². The number of hydrogen-bond donors (Lipinski definition) is 2. The first-order valence-corrected chi connectivity index (χ1v) is 6.72. The van der Waals surface area contributed by atoms with E-state index in [1.54, 1.807) is 12.3 Å². The summed E-state index contributed by atoms with van der Waals surface area (Å²) in [5.41, 5.74) is -0.142. The molecule has 0 aliphatic heterocycles. The molecule has 0 spiro atoms. The van der Waals surface area contributed by atoms with Crippen LogP contribution in [-0.2, 0) is 6.42 Å². The Labute approximate surface area is 121 Å². The third-order valence-corrected chi connectivity index (χ3v) is 2.74. The van der Waals surface area contributed by atoms with Crippen LogP contribution in [0.3, 0.4) is 0 Å². The molecule has 8 heteroatoms. The van der Waals surface area contributed by atoms with E-state index in [1.807, 2.05) is 13.0 Å². The highest BCUT2D eigenvalue weighted by atomic mass is 16.6. The fraction of sp³-hybridized carbons (Fsp3) is 0.385. The van der Waals surface area contributed by atoms with Crippen molar-refractivity contribution in [3.05, 3.63) is 40.5 Å². The third kappa shape index (κ3) is 4.16. The zero-order chi connectivity index (χ0) is 15.1. The third-order valence-electron chi connectivity index (χ3n) is 2.74. The van der Waals surface area contributed by atoms with E-state index in [2.05, 4.69) is 20.6 Å². The number of aromatic nitrogens is 2. The molecule has 0 aromatic carbocycles. The molecule has 0 bridgehead atoms. The van der Waals surface area contributed by atoms with Gasteiger partial charge in [-0.1, -0.05) is 6.92 Å². The summed E-state index contributed by atoms with van der Waals surface area (Å²) >= 11 is 0. The maximum absolute atomic E-state index is 11.0. The Morgan fingerprint density at radius 1 is 1.38 bits per heavy atom. The minimum Gasteiger partial charge on any atom is -0.469 e. The van der Waals surface area contributed by atoms with Crippen LogP contribution in [0.2, 0.25) is 0 Å². The number of rotatable bonds is 8. The highest BCUT2D eigenvalue weighted by Gasteiger charge is 2.16. The summed E-state index contributed by atoms with van der Waals surface area (Å²) < 4.78 is 5.21. The summed E-state index contributed by atoms with van der Waals surface area (Å²) in [6, 6.07) is 3.65. The van der Waals surface area contributed by atoms with E-state index >= 15 is 0 Å².